The molecule has 94 valence electrons. The molecular weight excluding hydrogens is 226 g/mol. The fourth-order valence-electron chi connectivity index (χ4n) is 2.54. The summed E-state index contributed by atoms with van der Waals surface area (Å²) in [5, 5.41) is 7.77. The van der Waals surface area contributed by atoms with Gasteiger partial charge in [-0.05, 0) is 12.8 Å². The minimum atomic E-state index is 0.529. The zero-order valence-corrected chi connectivity index (χ0v) is 10.3. The van der Waals surface area contributed by atoms with E-state index >= 15 is 0 Å². The SMILES string of the molecule is c1ncc(Nc2ccnn2C2CCCCC2)cn1. The van der Waals surface area contributed by atoms with Crippen molar-refractivity contribution >= 4 is 11.5 Å². The van der Waals surface area contributed by atoms with Crippen molar-refractivity contribution < 1.29 is 0 Å². The first-order valence-electron chi connectivity index (χ1n) is 6.49. The molecule has 1 saturated carbocycles. The Labute approximate surface area is 106 Å². The van der Waals surface area contributed by atoms with Gasteiger partial charge < -0.3 is 5.32 Å². The van der Waals surface area contributed by atoms with Crippen molar-refractivity contribution in [1.29, 1.82) is 0 Å². The third kappa shape index (κ3) is 2.34. The largest absolute Gasteiger partial charge is 0.338 e. The number of hydrogen-bond donors (Lipinski definition) is 1. The maximum atomic E-state index is 4.45. The Morgan fingerprint density at radius 3 is 2.67 bits per heavy atom. The van der Waals surface area contributed by atoms with Gasteiger partial charge in [0.2, 0.25) is 0 Å². The topological polar surface area (TPSA) is 55.6 Å². The van der Waals surface area contributed by atoms with Gasteiger partial charge in [-0.2, -0.15) is 5.10 Å². The second-order valence-corrected chi connectivity index (χ2v) is 4.71. The van der Waals surface area contributed by atoms with Crippen LogP contribution in [0, 0.1) is 0 Å². The third-order valence-electron chi connectivity index (χ3n) is 3.42. The van der Waals surface area contributed by atoms with Crippen LogP contribution in [0.2, 0.25) is 0 Å². The van der Waals surface area contributed by atoms with Crippen LogP contribution in [0.25, 0.3) is 0 Å². The third-order valence-corrected chi connectivity index (χ3v) is 3.42. The van der Waals surface area contributed by atoms with Crippen LogP contribution in [0.3, 0.4) is 0 Å². The first kappa shape index (κ1) is 11.2. The van der Waals surface area contributed by atoms with E-state index in [1.165, 1.54) is 38.4 Å². The molecular formula is C13H17N5. The molecule has 0 bridgehead atoms. The molecule has 3 rings (SSSR count). The summed E-state index contributed by atoms with van der Waals surface area (Å²) in [5.41, 5.74) is 0.898. The second kappa shape index (κ2) is 5.16. The van der Waals surface area contributed by atoms with Crippen LogP contribution >= 0.6 is 0 Å². The molecule has 5 heteroatoms. The van der Waals surface area contributed by atoms with E-state index in [-0.39, 0.29) is 0 Å². The van der Waals surface area contributed by atoms with Crippen LogP contribution in [-0.4, -0.2) is 19.7 Å². The van der Waals surface area contributed by atoms with E-state index in [1.807, 2.05) is 12.3 Å². The van der Waals surface area contributed by atoms with Crippen LogP contribution in [0.1, 0.15) is 38.1 Å². The highest BCUT2D eigenvalue weighted by molar-refractivity contribution is 5.53. The molecule has 0 aliphatic heterocycles. The van der Waals surface area contributed by atoms with E-state index in [2.05, 4.69) is 25.1 Å². The van der Waals surface area contributed by atoms with Gasteiger partial charge in [-0.15, -0.1) is 0 Å². The van der Waals surface area contributed by atoms with E-state index in [0.29, 0.717) is 6.04 Å². The van der Waals surface area contributed by atoms with Crippen LogP contribution in [-0.2, 0) is 0 Å². The minimum Gasteiger partial charge on any atom is -0.338 e. The molecule has 0 spiro atoms. The summed E-state index contributed by atoms with van der Waals surface area (Å²) in [5.74, 6) is 1.02. The van der Waals surface area contributed by atoms with Crippen LogP contribution in [0.4, 0.5) is 11.5 Å². The van der Waals surface area contributed by atoms with Gasteiger partial charge in [0.15, 0.2) is 0 Å². The highest BCUT2D eigenvalue weighted by Crippen LogP contribution is 2.30. The van der Waals surface area contributed by atoms with Crippen LogP contribution in [0.5, 0.6) is 0 Å². The average Bonchev–Trinajstić information content (AvgIpc) is 2.89. The molecule has 0 unspecified atom stereocenters. The van der Waals surface area contributed by atoms with Crippen molar-refractivity contribution in [3.63, 3.8) is 0 Å². The number of aromatic nitrogens is 4. The van der Waals surface area contributed by atoms with Crippen molar-refractivity contribution in [1.82, 2.24) is 19.7 Å². The number of nitrogens with zero attached hydrogens (tertiary/aromatic N) is 4. The molecule has 1 aliphatic carbocycles. The molecule has 0 saturated heterocycles. The fourth-order valence-corrected chi connectivity index (χ4v) is 2.54. The smallest absolute Gasteiger partial charge is 0.129 e. The molecule has 1 fully saturated rings. The molecule has 0 radical (unpaired) electrons. The Balaban J connectivity index is 1.78. The normalized spacial score (nSPS) is 16.7. The van der Waals surface area contributed by atoms with Crippen molar-refractivity contribution in [3.05, 3.63) is 31.0 Å². The maximum Gasteiger partial charge on any atom is 0.129 e. The molecule has 2 aromatic heterocycles. The molecule has 2 aromatic rings. The Kier molecular flexibility index (Phi) is 3.21. The quantitative estimate of drug-likeness (QED) is 0.900. The lowest BCUT2D eigenvalue weighted by Gasteiger charge is -2.24. The van der Waals surface area contributed by atoms with E-state index in [0.717, 1.165) is 11.5 Å². The van der Waals surface area contributed by atoms with Gasteiger partial charge in [0, 0.05) is 6.07 Å². The summed E-state index contributed by atoms with van der Waals surface area (Å²) < 4.78 is 2.10. The second-order valence-electron chi connectivity index (χ2n) is 4.71. The average molecular weight is 243 g/mol. The maximum absolute atomic E-state index is 4.45. The zero-order chi connectivity index (χ0) is 12.2. The van der Waals surface area contributed by atoms with Crippen LogP contribution in [0.15, 0.2) is 31.0 Å². The fraction of sp³-hybridized carbons (Fsp3) is 0.462. The molecule has 2 heterocycles. The Hall–Kier alpha value is -1.91. The zero-order valence-electron chi connectivity index (χ0n) is 10.3. The summed E-state index contributed by atoms with van der Waals surface area (Å²) in [6.07, 6.45) is 13.3. The van der Waals surface area contributed by atoms with Gasteiger partial charge in [-0.25, -0.2) is 14.6 Å². The van der Waals surface area contributed by atoms with Gasteiger partial charge >= 0.3 is 0 Å². The van der Waals surface area contributed by atoms with E-state index < -0.39 is 0 Å². The lowest BCUT2D eigenvalue weighted by Crippen LogP contribution is -2.15. The van der Waals surface area contributed by atoms with Gasteiger partial charge in [0.1, 0.15) is 12.1 Å². The molecule has 0 aromatic carbocycles. The Morgan fingerprint density at radius 1 is 1.11 bits per heavy atom. The summed E-state index contributed by atoms with van der Waals surface area (Å²) in [4.78, 5) is 8.01. The Bertz CT molecular complexity index is 487. The van der Waals surface area contributed by atoms with Crippen molar-refractivity contribution in [2.24, 2.45) is 0 Å². The van der Waals surface area contributed by atoms with Gasteiger partial charge in [-0.3, -0.25) is 0 Å². The van der Waals surface area contributed by atoms with E-state index in [4.69, 9.17) is 0 Å². The molecule has 5 nitrogen and oxygen atoms in total. The van der Waals surface area contributed by atoms with Gasteiger partial charge in [0.25, 0.3) is 0 Å². The molecule has 1 N–H and O–H groups in total. The summed E-state index contributed by atoms with van der Waals surface area (Å²) >= 11 is 0. The number of nitrogens with one attached hydrogen (secondary N) is 1. The van der Waals surface area contributed by atoms with Crippen molar-refractivity contribution in [3.8, 4) is 0 Å². The number of anilines is 2. The lowest BCUT2D eigenvalue weighted by molar-refractivity contribution is 0.333. The highest BCUT2D eigenvalue weighted by atomic mass is 15.3. The summed E-state index contributed by atoms with van der Waals surface area (Å²) in [6.45, 7) is 0. The van der Waals surface area contributed by atoms with Crippen LogP contribution < -0.4 is 5.32 Å². The van der Waals surface area contributed by atoms with Gasteiger partial charge in [-0.1, -0.05) is 19.3 Å². The standard InChI is InChI=1S/C13H17N5/c1-2-4-12(5-3-1)18-13(6-7-16-18)17-11-8-14-10-15-9-11/h6-10,12,17H,1-5H2. The lowest BCUT2D eigenvalue weighted by atomic mass is 9.96. The molecule has 0 atom stereocenters. The molecule has 18 heavy (non-hydrogen) atoms. The summed E-state index contributed by atoms with van der Waals surface area (Å²) in [7, 11) is 0. The Morgan fingerprint density at radius 2 is 1.89 bits per heavy atom. The van der Waals surface area contributed by atoms with E-state index in [9.17, 15) is 0 Å². The number of rotatable bonds is 3. The molecule has 1 aliphatic rings. The first-order chi connectivity index (χ1) is 8.93. The predicted octanol–water partition coefficient (Wildman–Crippen LogP) is 2.92. The van der Waals surface area contributed by atoms with Crippen molar-refractivity contribution in [2.45, 2.75) is 38.1 Å². The highest BCUT2D eigenvalue weighted by Gasteiger charge is 2.18. The van der Waals surface area contributed by atoms with Gasteiger partial charge in [0.05, 0.1) is 30.3 Å². The number of hydrogen-bond acceptors (Lipinski definition) is 4. The minimum absolute atomic E-state index is 0.529. The summed E-state index contributed by atoms with van der Waals surface area (Å²) in [6, 6.07) is 2.53. The first-order valence-corrected chi connectivity index (χ1v) is 6.49. The monoisotopic (exact) mass is 243 g/mol. The predicted molar refractivity (Wildman–Crippen MR) is 69.7 cm³/mol. The van der Waals surface area contributed by atoms with Crippen molar-refractivity contribution in [2.75, 3.05) is 5.32 Å². The van der Waals surface area contributed by atoms with E-state index in [1.54, 1.807) is 12.4 Å². The molecule has 0 amide bonds.